The van der Waals surface area contributed by atoms with Crippen molar-refractivity contribution in [2.45, 2.75) is 19.0 Å². The lowest BCUT2D eigenvalue weighted by Gasteiger charge is -2.46. The van der Waals surface area contributed by atoms with Crippen LogP contribution < -0.4 is 22.1 Å². The second kappa shape index (κ2) is 15.9. The van der Waals surface area contributed by atoms with E-state index in [-0.39, 0.29) is 75.0 Å². The van der Waals surface area contributed by atoms with Gasteiger partial charge in [-0.3, -0.25) is 14.4 Å². The molecular formula is C37H43ClF3N12O5+. The third-order valence-electron chi connectivity index (χ3n) is 11.2. The van der Waals surface area contributed by atoms with Crippen LogP contribution in [0.3, 0.4) is 0 Å². The number of rotatable bonds is 10. The minimum absolute atomic E-state index is 0.00512. The first-order chi connectivity index (χ1) is 27.5. The van der Waals surface area contributed by atoms with E-state index >= 15 is 0 Å². The van der Waals surface area contributed by atoms with E-state index in [1.165, 1.54) is 41.9 Å². The maximum atomic E-state index is 14.1. The van der Waals surface area contributed by atoms with E-state index in [1.807, 2.05) is 0 Å². The topological polar surface area (TPSA) is 220 Å². The number of piperazine rings is 1. The van der Waals surface area contributed by atoms with Gasteiger partial charge in [-0.2, -0.15) is 18.3 Å². The molecule has 3 amide bonds. The number of anilines is 3. The van der Waals surface area contributed by atoms with Gasteiger partial charge < -0.3 is 46.1 Å². The Morgan fingerprint density at radius 2 is 1.72 bits per heavy atom. The first kappa shape index (κ1) is 40.5. The van der Waals surface area contributed by atoms with Gasteiger partial charge in [-0.1, -0.05) is 11.6 Å². The standard InChI is InChI=1S/C37H42ClF3N12O5/c1-49-28(25-18-52(48-31(25)37(39,40)41)29-5-4-27(42)32(43)47-29)17-45-33(49)34(56)46-23-2-3-24(26(38)14-23)36(58)51-10-8-50(9-11-51)35(57)22-6-12-53(13-7-22,20-30(54)55)19-21-15-44-16-21/h2-5,14,17-18,21-22,44H,6-13,15-16,19-20H2,1H3,(H5-,42,43,45,46,47,54,55,56,58)/p+1. The van der Waals surface area contributed by atoms with Crippen molar-refractivity contribution in [3.05, 3.63) is 64.8 Å². The van der Waals surface area contributed by atoms with Crippen molar-refractivity contribution in [2.24, 2.45) is 18.9 Å². The Labute approximate surface area is 335 Å². The number of nitrogens with one attached hydrogen (secondary N) is 2. The van der Waals surface area contributed by atoms with Gasteiger partial charge in [-0.25, -0.2) is 19.4 Å². The normalized spacial score (nSPS) is 20.1. The first-order valence-corrected chi connectivity index (χ1v) is 19.1. The number of halogens is 4. The molecule has 21 heteroatoms. The number of carbonyl (C=O) groups is 4. The highest BCUT2D eigenvalue weighted by molar-refractivity contribution is 6.34. The number of nitrogens with zero attached hydrogens (tertiary/aromatic N) is 8. The smallest absolute Gasteiger partial charge is 0.435 e. The third kappa shape index (κ3) is 8.30. The minimum Gasteiger partial charge on any atom is -0.477 e. The fourth-order valence-electron chi connectivity index (χ4n) is 7.95. The van der Waals surface area contributed by atoms with Gasteiger partial charge in [0.05, 0.1) is 53.4 Å². The summed E-state index contributed by atoms with van der Waals surface area (Å²) in [6.45, 7) is 5.21. The fourth-order valence-corrected chi connectivity index (χ4v) is 8.21. The van der Waals surface area contributed by atoms with Crippen LogP contribution >= 0.6 is 11.6 Å². The summed E-state index contributed by atoms with van der Waals surface area (Å²) in [6.07, 6.45) is -1.40. The summed E-state index contributed by atoms with van der Waals surface area (Å²) >= 11 is 6.54. The van der Waals surface area contributed by atoms with Crippen molar-refractivity contribution in [2.75, 3.05) is 82.2 Å². The monoisotopic (exact) mass is 827 g/mol. The van der Waals surface area contributed by atoms with Crippen LogP contribution in [0.2, 0.25) is 5.02 Å². The summed E-state index contributed by atoms with van der Waals surface area (Å²) in [5.41, 5.74) is 10.3. The predicted octanol–water partition coefficient (Wildman–Crippen LogP) is 2.57. The molecule has 7 rings (SSSR count). The minimum atomic E-state index is -4.87. The molecule has 6 heterocycles. The fraction of sp³-hybridized carbons (Fsp3) is 0.432. The number of piperidine rings is 1. The van der Waals surface area contributed by atoms with E-state index in [0.29, 0.717) is 62.5 Å². The van der Waals surface area contributed by atoms with Gasteiger partial charge in [0.25, 0.3) is 11.8 Å². The van der Waals surface area contributed by atoms with E-state index in [2.05, 4.69) is 25.7 Å². The van der Waals surface area contributed by atoms with Crippen molar-refractivity contribution in [1.29, 1.82) is 0 Å². The number of likely N-dealkylation sites (tertiary alicyclic amines) is 1. The Morgan fingerprint density at radius 3 is 2.33 bits per heavy atom. The van der Waals surface area contributed by atoms with Crippen LogP contribution in [0.15, 0.2) is 42.7 Å². The van der Waals surface area contributed by atoms with Crippen molar-refractivity contribution in [3.63, 3.8) is 0 Å². The number of pyridine rings is 1. The van der Waals surface area contributed by atoms with Gasteiger partial charge in [0.1, 0.15) is 5.82 Å². The summed E-state index contributed by atoms with van der Waals surface area (Å²) in [5, 5.41) is 19.2. The Kier molecular flexibility index (Phi) is 11.1. The predicted molar refractivity (Wildman–Crippen MR) is 206 cm³/mol. The third-order valence-corrected chi connectivity index (χ3v) is 11.5. The molecule has 3 aliphatic rings. The van der Waals surface area contributed by atoms with Gasteiger partial charge >= 0.3 is 12.1 Å². The van der Waals surface area contributed by atoms with Crippen molar-refractivity contribution in [3.8, 4) is 17.1 Å². The number of amides is 3. The summed E-state index contributed by atoms with van der Waals surface area (Å²) in [4.78, 5) is 63.5. The van der Waals surface area contributed by atoms with Crippen LogP contribution in [-0.2, 0) is 22.8 Å². The number of carbonyl (C=O) groups excluding carboxylic acids is 3. The molecule has 4 aromatic rings. The number of aliphatic carboxylic acids is 1. The Balaban J connectivity index is 0.960. The molecule has 1 aromatic carbocycles. The van der Waals surface area contributed by atoms with Crippen LogP contribution in [0.25, 0.3) is 17.1 Å². The molecular weight excluding hydrogens is 785 g/mol. The molecule has 3 aliphatic heterocycles. The average Bonchev–Trinajstić information content (AvgIpc) is 3.78. The molecule has 0 saturated carbocycles. The second-order valence-corrected chi connectivity index (χ2v) is 15.5. The molecule has 3 saturated heterocycles. The molecule has 308 valence electrons. The molecule has 0 spiro atoms. The van der Waals surface area contributed by atoms with Crippen LogP contribution in [0.5, 0.6) is 0 Å². The van der Waals surface area contributed by atoms with E-state index in [1.54, 1.807) is 9.80 Å². The zero-order chi connectivity index (χ0) is 41.5. The average molecular weight is 828 g/mol. The van der Waals surface area contributed by atoms with Crippen molar-refractivity contribution < 1.29 is 41.9 Å². The zero-order valence-electron chi connectivity index (χ0n) is 31.5. The van der Waals surface area contributed by atoms with Gasteiger partial charge in [-0.15, -0.1) is 0 Å². The summed E-state index contributed by atoms with van der Waals surface area (Å²) in [6, 6.07) is 7.09. The molecule has 58 heavy (non-hydrogen) atoms. The molecule has 3 fully saturated rings. The SMILES string of the molecule is Cn1c(-c2cn(-c3ccc(N)c(N)n3)nc2C(F)(F)F)cnc1C(=O)Nc1ccc(C(=O)N2CCN(C(=O)C3CC[N+](CC(=O)O)(CC4CNC4)CC3)CC2)c(Cl)c1. The van der Waals surface area contributed by atoms with Crippen molar-refractivity contribution in [1.82, 2.24) is 39.4 Å². The van der Waals surface area contributed by atoms with Gasteiger partial charge in [0.2, 0.25) is 5.91 Å². The highest BCUT2D eigenvalue weighted by Gasteiger charge is 2.42. The quantitative estimate of drug-likeness (QED) is 0.146. The number of nitrogens with two attached hydrogens (primary N) is 2. The van der Waals surface area contributed by atoms with Crippen LogP contribution in [0.1, 0.15) is 39.5 Å². The maximum absolute atomic E-state index is 14.1. The van der Waals surface area contributed by atoms with E-state index in [9.17, 15) is 37.5 Å². The van der Waals surface area contributed by atoms with Gasteiger partial charge in [-0.05, 0) is 30.3 Å². The lowest BCUT2D eigenvalue weighted by atomic mass is 9.90. The lowest BCUT2D eigenvalue weighted by Crippen LogP contribution is -2.62. The number of carboxylic acid groups (broad SMARTS) is 1. The van der Waals surface area contributed by atoms with Crippen LogP contribution in [0, 0.1) is 11.8 Å². The molecule has 0 atom stereocenters. The molecule has 0 aliphatic carbocycles. The highest BCUT2D eigenvalue weighted by atomic mass is 35.5. The number of hydrogen-bond acceptors (Lipinski definition) is 10. The first-order valence-electron chi connectivity index (χ1n) is 18.7. The highest BCUT2D eigenvalue weighted by Crippen LogP contribution is 2.37. The molecule has 0 unspecified atom stereocenters. The molecule has 17 nitrogen and oxygen atoms in total. The summed E-state index contributed by atoms with van der Waals surface area (Å²) in [7, 11) is 1.38. The number of aromatic nitrogens is 5. The van der Waals surface area contributed by atoms with Gasteiger partial charge in [0.15, 0.2) is 23.9 Å². The number of quaternary nitrogens is 1. The maximum Gasteiger partial charge on any atom is 0.435 e. The number of carboxylic acids is 1. The second-order valence-electron chi connectivity index (χ2n) is 15.1. The van der Waals surface area contributed by atoms with Crippen LogP contribution in [0.4, 0.5) is 30.4 Å². The van der Waals surface area contributed by atoms with E-state index < -0.39 is 23.7 Å². The molecule has 3 aromatic heterocycles. The van der Waals surface area contributed by atoms with E-state index in [4.69, 9.17) is 23.1 Å². The number of benzene rings is 1. The largest absolute Gasteiger partial charge is 0.477 e. The van der Waals surface area contributed by atoms with Gasteiger partial charge in [0, 0.05) is 82.9 Å². The number of alkyl halides is 3. The van der Waals surface area contributed by atoms with E-state index in [0.717, 1.165) is 36.7 Å². The number of hydrogen-bond donors (Lipinski definition) is 5. The molecule has 0 radical (unpaired) electrons. The van der Waals surface area contributed by atoms with Crippen LogP contribution in [-0.4, -0.2) is 133 Å². The Morgan fingerprint density at radius 1 is 1.03 bits per heavy atom. The summed E-state index contributed by atoms with van der Waals surface area (Å²) < 4.78 is 45.0. The summed E-state index contributed by atoms with van der Waals surface area (Å²) in [5.74, 6) is -1.93. The molecule has 7 N–H and O–H groups in total. The Hall–Kier alpha value is -5.73. The number of imidazole rings is 1. The zero-order valence-corrected chi connectivity index (χ0v) is 32.3. The van der Waals surface area contributed by atoms with Crippen molar-refractivity contribution >= 4 is 52.5 Å². The Bertz CT molecular complexity index is 2240. The molecule has 0 bridgehead atoms. The lowest BCUT2D eigenvalue weighted by molar-refractivity contribution is -0.929. The number of nitrogen functional groups attached to an aromatic ring is 2.